The van der Waals surface area contributed by atoms with E-state index < -0.39 is 0 Å². The SMILES string of the molecule is CCCCSC1=CC(=O)c2cccc(C3CCN(C)CC3C)c2C1. The lowest BCUT2D eigenvalue weighted by Crippen LogP contribution is -2.36. The van der Waals surface area contributed by atoms with Crippen LogP contribution >= 0.6 is 11.8 Å². The molecule has 0 radical (unpaired) electrons. The lowest BCUT2D eigenvalue weighted by molar-refractivity contribution is 0.104. The average molecular weight is 344 g/mol. The summed E-state index contributed by atoms with van der Waals surface area (Å²) in [5, 5.41) is 0. The van der Waals surface area contributed by atoms with E-state index >= 15 is 0 Å². The zero-order valence-electron chi connectivity index (χ0n) is 15.2. The van der Waals surface area contributed by atoms with Gasteiger partial charge >= 0.3 is 0 Å². The maximum Gasteiger partial charge on any atom is 0.186 e. The molecule has 2 unspecified atom stereocenters. The van der Waals surface area contributed by atoms with Gasteiger partial charge in [-0.1, -0.05) is 38.5 Å². The van der Waals surface area contributed by atoms with E-state index in [-0.39, 0.29) is 5.78 Å². The smallest absolute Gasteiger partial charge is 0.186 e. The van der Waals surface area contributed by atoms with Crippen molar-refractivity contribution in [1.82, 2.24) is 4.90 Å². The average Bonchev–Trinajstić information content (AvgIpc) is 2.55. The molecule has 1 aromatic rings. The molecular weight excluding hydrogens is 314 g/mol. The summed E-state index contributed by atoms with van der Waals surface area (Å²) in [5.74, 6) is 2.56. The first kappa shape index (κ1) is 17.8. The number of benzene rings is 1. The summed E-state index contributed by atoms with van der Waals surface area (Å²) in [5.41, 5.74) is 3.69. The molecule has 0 saturated carbocycles. The summed E-state index contributed by atoms with van der Waals surface area (Å²) in [6, 6.07) is 6.38. The molecule has 130 valence electrons. The molecule has 0 N–H and O–H groups in total. The lowest BCUT2D eigenvalue weighted by Gasteiger charge is -2.36. The van der Waals surface area contributed by atoms with Crippen LogP contribution in [0.2, 0.25) is 0 Å². The van der Waals surface area contributed by atoms with Crippen molar-refractivity contribution in [3.05, 3.63) is 45.9 Å². The van der Waals surface area contributed by atoms with Gasteiger partial charge in [0, 0.05) is 18.5 Å². The standard InChI is InChI=1S/C21H29NOS/c1-4-5-11-24-16-12-20-18(7-6-8-19(20)21(23)13-16)17-9-10-22(3)14-15(17)2/h6-8,13,15,17H,4-5,9-12,14H2,1-3H3. The maximum atomic E-state index is 12.6. The Balaban J connectivity index is 1.85. The van der Waals surface area contributed by atoms with Gasteiger partial charge in [-0.2, -0.15) is 0 Å². The first-order chi connectivity index (χ1) is 11.6. The van der Waals surface area contributed by atoms with Crippen molar-refractivity contribution in [3.8, 4) is 0 Å². The van der Waals surface area contributed by atoms with Gasteiger partial charge in [0.1, 0.15) is 0 Å². The number of hydrogen-bond donors (Lipinski definition) is 0. The molecule has 1 heterocycles. The number of allylic oxidation sites excluding steroid dienone is 2. The molecule has 1 aromatic carbocycles. The number of hydrogen-bond acceptors (Lipinski definition) is 3. The molecule has 24 heavy (non-hydrogen) atoms. The summed E-state index contributed by atoms with van der Waals surface area (Å²) < 4.78 is 0. The van der Waals surface area contributed by atoms with E-state index in [9.17, 15) is 4.79 Å². The van der Waals surface area contributed by atoms with Crippen molar-refractivity contribution < 1.29 is 4.79 Å². The van der Waals surface area contributed by atoms with E-state index in [1.807, 2.05) is 23.9 Å². The van der Waals surface area contributed by atoms with Crippen LogP contribution in [0, 0.1) is 5.92 Å². The van der Waals surface area contributed by atoms with Crippen molar-refractivity contribution in [2.75, 3.05) is 25.9 Å². The molecule has 3 heteroatoms. The Morgan fingerprint density at radius 3 is 2.92 bits per heavy atom. The Hall–Kier alpha value is -1.06. The van der Waals surface area contributed by atoms with Crippen LogP contribution < -0.4 is 0 Å². The number of ketones is 1. The van der Waals surface area contributed by atoms with Gasteiger partial charge in [-0.05, 0) is 66.1 Å². The lowest BCUT2D eigenvalue weighted by atomic mass is 9.77. The van der Waals surface area contributed by atoms with Gasteiger partial charge in [-0.3, -0.25) is 4.79 Å². The van der Waals surface area contributed by atoms with Gasteiger partial charge < -0.3 is 4.90 Å². The Kier molecular flexibility index (Phi) is 5.83. The Morgan fingerprint density at radius 1 is 1.33 bits per heavy atom. The number of thioether (sulfide) groups is 1. The topological polar surface area (TPSA) is 20.3 Å². The molecule has 2 aliphatic rings. The minimum absolute atomic E-state index is 0.206. The molecule has 1 aliphatic heterocycles. The Morgan fingerprint density at radius 2 is 2.17 bits per heavy atom. The highest BCUT2D eigenvalue weighted by Crippen LogP contribution is 2.39. The Bertz CT molecular complexity index is 637. The predicted octanol–water partition coefficient (Wildman–Crippen LogP) is 4.90. The maximum absolute atomic E-state index is 12.6. The molecule has 3 rings (SSSR count). The molecule has 2 nitrogen and oxygen atoms in total. The van der Waals surface area contributed by atoms with Gasteiger partial charge in [-0.25, -0.2) is 0 Å². The van der Waals surface area contributed by atoms with Gasteiger partial charge in [-0.15, -0.1) is 11.8 Å². The molecule has 0 amide bonds. The van der Waals surface area contributed by atoms with E-state index in [1.54, 1.807) is 0 Å². The third-order valence-corrected chi connectivity index (χ3v) is 6.54. The fourth-order valence-corrected chi connectivity index (χ4v) is 5.22. The number of likely N-dealkylation sites (tertiary alicyclic amines) is 1. The van der Waals surface area contributed by atoms with Crippen LogP contribution in [0.4, 0.5) is 0 Å². The summed E-state index contributed by atoms with van der Waals surface area (Å²) in [6.45, 7) is 6.88. The molecule has 0 spiro atoms. The van der Waals surface area contributed by atoms with Crippen molar-refractivity contribution >= 4 is 17.5 Å². The minimum Gasteiger partial charge on any atom is -0.306 e. The van der Waals surface area contributed by atoms with Crippen LogP contribution in [0.5, 0.6) is 0 Å². The van der Waals surface area contributed by atoms with E-state index in [0.29, 0.717) is 11.8 Å². The van der Waals surface area contributed by atoms with Gasteiger partial charge in [0.25, 0.3) is 0 Å². The first-order valence-corrected chi connectivity index (χ1v) is 10.3. The second-order valence-electron chi connectivity index (χ2n) is 7.36. The highest BCUT2D eigenvalue weighted by Gasteiger charge is 2.30. The molecular formula is C21H29NOS. The number of nitrogens with zero attached hydrogens (tertiary/aromatic N) is 1. The molecule has 0 bridgehead atoms. The van der Waals surface area contributed by atoms with E-state index in [1.165, 1.54) is 35.3 Å². The van der Waals surface area contributed by atoms with Crippen LogP contribution in [0.3, 0.4) is 0 Å². The van der Waals surface area contributed by atoms with Crippen molar-refractivity contribution in [2.24, 2.45) is 5.92 Å². The van der Waals surface area contributed by atoms with Crippen molar-refractivity contribution in [2.45, 2.75) is 45.4 Å². The van der Waals surface area contributed by atoms with E-state index in [2.05, 4.69) is 37.9 Å². The number of carbonyl (C=O) groups excluding carboxylic acids is 1. The van der Waals surface area contributed by atoms with Crippen LogP contribution in [0.25, 0.3) is 0 Å². The van der Waals surface area contributed by atoms with Gasteiger partial charge in [0.2, 0.25) is 0 Å². The van der Waals surface area contributed by atoms with Crippen LogP contribution in [-0.4, -0.2) is 36.6 Å². The number of carbonyl (C=O) groups is 1. The Labute approximate surface area is 150 Å². The number of rotatable bonds is 5. The summed E-state index contributed by atoms with van der Waals surface area (Å²) in [7, 11) is 2.21. The zero-order chi connectivity index (χ0) is 17.1. The third kappa shape index (κ3) is 3.78. The monoisotopic (exact) mass is 343 g/mol. The predicted molar refractivity (Wildman–Crippen MR) is 104 cm³/mol. The largest absolute Gasteiger partial charge is 0.306 e. The second kappa shape index (κ2) is 7.88. The quantitative estimate of drug-likeness (QED) is 0.709. The van der Waals surface area contributed by atoms with Gasteiger partial charge in [0.05, 0.1) is 0 Å². The number of piperidine rings is 1. The summed E-state index contributed by atoms with van der Waals surface area (Å²) >= 11 is 1.88. The second-order valence-corrected chi connectivity index (χ2v) is 8.58. The highest BCUT2D eigenvalue weighted by molar-refractivity contribution is 8.03. The third-order valence-electron chi connectivity index (χ3n) is 5.41. The normalized spacial score (nSPS) is 24.6. The molecule has 1 fully saturated rings. The van der Waals surface area contributed by atoms with Crippen LogP contribution in [0.15, 0.2) is 29.2 Å². The number of unbranched alkanes of at least 4 members (excludes halogenated alkanes) is 1. The van der Waals surface area contributed by atoms with E-state index in [4.69, 9.17) is 0 Å². The molecule has 1 saturated heterocycles. The fourth-order valence-electron chi connectivity index (χ4n) is 4.09. The van der Waals surface area contributed by atoms with Crippen LogP contribution in [0.1, 0.15) is 60.5 Å². The van der Waals surface area contributed by atoms with Crippen LogP contribution in [-0.2, 0) is 6.42 Å². The zero-order valence-corrected chi connectivity index (χ0v) is 16.0. The molecule has 1 aliphatic carbocycles. The number of fused-ring (bicyclic) bond motifs is 1. The molecule has 2 atom stereocenters. The van der Waals surface area contributed by atoms with Crippen molar-refractivity contribution in [3.63, 3.8) is 0 Å². The highest BCUT2D eigenvalue weighted by atomic mass is 32.2. The molecule has 0 aromatic heterocycles. The summed E-state index contributed by atoms with van der Waals surface area (Å²) in [6.07, 6.45) is 6.46. The summed E-state index contributed by atoms with van der Waals surface area (Å²) in [4.78, 5) is 16.3. The van der Waals surface area contributed by atoms with Crippen molar-refractivity contribution in [1.29, 1.82) is 0 Å². The fraction of sp³-hybridized carbons (Fsp3) is 0.571. The first-order valence-electron chi connectivity index (χ1n) is 9.28. The minimum atomic E-state index is 0.206. The van der Waals surface area contributed by atoms with E-state index in [0.717, 1.165) is 30.8 Å². The van der Waals surface area contributed by atoms with Gasteiger partial charge in [0.15, 0.2) is 5.78 Å².